The number of likely N-dealkylation sites (tertiary alicyclic amines) is 1. The SMILES string of the molecule is Nc1ccn(C2CCN(C(=O)C3CCOC3)CC2)n1. The number of carbonyl (C=O) groups excluding carboxylic acids is 1. The van der Waals surface area contributed by atoms with Gasteiger partial charge in [0.2, 0.25) is 5.91 Å². The third-order valence-corrected chi connectivity index (χ3v) is 4.06. The highest BCUT2D eigenvalue weighted by Crippen LogP contribution is 2.25. The molecule has 0 radical (unpaired) electrons. The summed E-state index contributed by atoms with van der Waals surface area (Å²) in [5, 5.41) is 4.25. The van der Waals surface area contributed by atoms with Gasteiger partial charge in [-0.3, -0.25) is 9.48 Å². The van der Waals surface area contributed by atoms with Gasteiger partial charge in [-0.25, -0.2) is 0 Å². The van der Waals surface area contributed by atoms with Crippen molar-refractivity contribution in [3.05, 3.63) is 12.3 Å². The minimum atomic E-state index is 0.0805. The Hall–Kier alpha value is -1.56. The van der Waals surface area contributed by atoms with Crippen LogP contribution in [0.4, 0.5) is 5.82 Å². The standard InChI is InChI=1S/C13H20N4O2/c14-12-3-7-17(15-12)11-1-5-16(6-2-11)13(18)10-4-8-19-9-10/h3,7,10-11H,1-2,4-6,8-9H2,(H2,14,15). The number of aromatic nitrogens is 2. The van der Waals surface area contributed by atoms with E-state index in [9.17, 15) is 4.79 Å². The van der Waals surface area contributed by atoms with Gasteiger partial charge in [-0.15, -0.1) is 0 Å². The van der Waals surface area contributed by atoms with Crippen LogP contribution in [0.5, 0.6) is 0 Å². The molecule has 0 spiro atoms. The Kier molecular flexibility index (Phi) is 3.42. The van der Waals surface area contributed by atoms with Crippen molar-refractivity contribution in [2.45, 2.75) is 25.3 Å². The maximum atomic E-state index is 12.3. The predicted molar refractivity (Wildman–Crippen MR) is 70.4 cm³/mol. The fourth-order valence-corrected chi connectivity index (χ4v) is 2.89. The largest absolute Gasteiger partial charge is 0.382 e. The Bertz CT molecular complexity index is 445. The van der Waals surface area contributed by atoms with E-state index in [1.807, 2.05) is 21.8 Å². The third-order valence-electron chi connectivity index (χ3n) is 4.06. The molecule has 0 saturated carbocycles. The quantitative estimate of drug-likeness (QED) is 0.852. The number of piperidine rings is 1. The van der Waals surface area contributed by atoms with Crippen LogP contribution in [0.25, 0.3) is 0 Å². The van der Waals surface area contributed by atoms with Crippen molar-refractivity contribution >= 4 is 11.7 Å². The molecule has 1 atom stereocenters. The number of nitrogens with zero attached hydrogens (tertiary/aromatic N) is 3. The van der Waals surface area contributed by atoms with Crippen molar-refractivity contribution in [3.8, 4) is 0 Å². The molecule has 104 valence electrons. The van der Waals surface area contributed by atoms with E-state index in [-0.39, 0.29) is 11.8 Å². The number of nitrogens with two attached hydrogens (primary N) is 1. The lowest BCUT2D eigenvalue weighted by atomic mass is 10.0. The van der Waals surface area contributed by atoms with Gasteiger partial charge in [0, 0.05) is 25.9 Å². The molecule has 3 heterocycles. The fourth-order valence-electron chi connectivity index (χ4n) is 2.89. The van der Waals surface area contributed by atoms with Crippen molar-refractivity contribution in [2.24, 2.45) is 5.92 Å². The summed E-state index contributed by atoms with van der Waals surface area (Å²) in [5.74, 6) is 0.898. The van der Waals surface area contributed by atoms with Crippen LogP contribution in [-0.2, 0) is 9.53 Å². The third kappa shape index (κ3) is 2.58. The minimum Gasteiger partial charge on any atom is -0.382 e. The first-order chi connectivity index (χ1) is 9.24. The molecule has 0 bridgehead atoms. The number of carbonyl (C=O) groups is 1. The molecule has 1 unspecified atom stereocenters. The lowest BCUT2D eigenvalue weighted by Crippen LogP contribution is -2.42. The topological polar surface area (TPSA) is 73.4 Å². The summed E-state index contributed by atoms with van der Waals surface area (Å²) in [6, 6.07) is 2.18. The van der Waals surface area contributed by atoms with Crippen LogP contribution in [0.15, 0.2) is 12.3 Å². The molecule has 1 aromatic rings. The summed E-state index contributed by atoms with van der Waals surface area (Å²) in [4.78, 5) is 14.2. The molecule has 3 rings (SSSR count). The van der Waals surface area contributed by atoms with Crippen molar-refractivity contribution in [3.63, 3.8) is 0 Å². The molecule has 2 N–H and O–H groups in total. The van der Waals surface area contributed by atoms with Crippen molar-refractivity contribution in [1.29, 1.82) is 0 Å². The minimum absolute atomic E-state index is 0.0805. The zero-order valence-electron chi connectivity index (χ0n) is 11.0. The Balaban J connectivity index is 1.55. The van der Waals surface area contributed by atoms with E-state index >= 15 is 0 Å². The van der Waals surface area contributed by atoms with Crippen LogP contribution >= 0.6 is 0 Å². The second-order valence-corrected chi connectivity index (χ2v) is 5.34. The number of rotatable bonds is 2. The lowest BCUT2D eigenvalue weighted by Gasteiger charge is -2.33. The molecule has 2 aliphatic heterocycles. The first kappa shape index (κ1) is 12.5. The average Bonchev–Trinajstić information content (AvgIpc) is 3.09. The number of anilines is 1. The van der Waals surface area contributed by atoms with Crippen LogP contribution < -0.4 is 5.73 Å². The van der Waals surface area contributed by atoms with E-state index in [1.54, 1.807) is 0 Å². The predicted octanol–water partition coefficient (Wildman–Crippen LogP) is 0.665. The molecular weight excluding hydrogens is 244 g/mol. The van der Waals surface area contributed by atoms with Crippen LogP contribution in [0.2, 0.25) is 0 Å². The van der Waals surface area contributed by atoms with Crippen LogP contribution in [-0.4, -0.2) is 46.9 Å². The normalized spacial score (nSPS) is 24.8. The number of ether oxygens (including phenoxy) is 1. The molecule has 1 aromatic heterocycles. The molecule has 19 heavy (non-hydrogen) atoms. The highest BCUT2D eigenvalue weighted by Gasteiger charge is 2.31. The summed E-state index contributed by atoms with van der Waals surface area (Å²) in [7, 11) is 0. The molecule has 6 nitrogen and oxygen atoms in total. The van der Waals surface area contributed by atoms with Crippen LogP contribution in [0.1, 0.15) is 25.3 Å². The summed E-state index contributed by atoms with van der Waals surface area (Å²) in [6.45, 7) is 2.92. The monoisotopic (exact) mass is 264 g/mol. The number of hydrogen-bond donors (Lipinski definition) is 1. The molecule has 1 amide bonds. The second kappa shape index (κ2) is 5.21. The molecule has 2 saturated heterocycles. The van der Waals surface area contributed by atoms with Crippen LogP contribution in [0.3, 0.4) is 0 Å². The summed E-state index contributed by atoms with van der Waals surface area (Å²) >= 11 is 0. The molecule has 2 fully saturated rings. The summed E-state index contributed by atoms with van der Waals surface area (Å²) < 4.78 is 7.21. The van der Waals surface area contributed by atoms with E-state index in [4.69, 9.17) is 10.5 Å². The van der Waals surface area contributed by atoms with Crippen molar-refractivity contribution in [1.82, 2.24) is 14.7 Å². The Morgan fingerprint density at radius 3 is 2.74 bits per heavy atom. The molecule has 2 aliphatic rings. The van der Waals surface area contributed by atoms with E-state index in [2.05, 4.69) is 5.10 Å². The van der Waals surface area contributed by atoms with Gasteiger partial charge in [0.1, 0.15) is 5.82 Å². The van der Waals surface area contributed by atoms with Crippen molar-refractivity contribution < 1.29 is 9.53 Å². The molecule has 0 aromatic carbocycles. The molecule has 0 aliphatic carbocycles. The zero-order valence-corrected chi connectivity index (χ0v) is 11.0. The number of nitrogen functional groups attached to an aromatic ring is 1. The van der Waals surface area contributed by atoms with Gasteiger partial charge >= 0.3 is 0 Å². The Morgan fingerprint density at radius 2 is 2.16 bits per heavy atom. The Labute approximate surface area is 112 Å². The van der Waals surface area contributed by atoms with Gasteiger partial charge < -0.3 is 15.4 Å². The Morgan fingerprint density at radius 1 is 1.37 bits per heavy atom. The first-order valence-corrected chi connectivity index (χ1v) is 6.91. The molecule has 6 heteroatoms. The van der Waals surface area contributed by atoms with E-state index in [0.717, 1.165) is 39.0 Å². The summed E-state index contributed by atoms with van der Waals surface area (Å²) in [6.07, 6.45) is 4.68. The van der Waals surface area contributed by atoms with E-state index in [0.29, 0.717) is 18.5 Å². The second-order valence-electron chi connectivity index (χ2n) is 5.34. The van der Waals surface area contributed by atoms with Gasteiger partial charge in [-0.2, -0.15) is 5.10 Å². The fraction of sp³-hybridized carbons (Fsp3) is 0.692. The van der Waals surface area contributed by atoms with Crippen molar-refractivity contribution in [2.75, 3.05) is 32.0 Å². The maximum Gasteiger partial charge on any atom is 0.228 e. The highest BCUT2D eigenvalue weighted by atomic mass is 16.5. The van der Waals surface area contributed by atoms with Gasteiger partial charge in [0.15, 0.2) is 0 Å². The number of amides is 1. The molecular formula is C13H20N4O2. The smallest absolute Gasteiger partial charge is 0.228 e. The van der Waals surface area contributed by atoms with E-state index < -0.39 is 0 Å². The first-order valence-electron chi connectivity index (χ1n) is 6.91. The van der Waals surface area contributed by atoms with Gasteiger partial charge in [0.05, 0.1) is 18.6 Å². The lowest BCUT2D eigenvalue weighted by molar-refractivity contribution is -0.136. The van der Waals surface area contributed by atoms with E-state index in [1.165, 1.54) is 0 Å². The summed E-state index contributed by atoms with van der Waals surface area (Å²) in [5.41, 5.74) is 5.63. The van der Waals surface area contributed by atoms with Gasteiger partial charge in [0.25, 0.3) is 0 Å². The average molecular weight is 264 g/mol. The van der Waals surface area contributed by atoms with Crippen LogP contribution in [0, 0.1) is 5.92 Å². The maximum absolute atomic E-state index is 12.3. The highest BCUT2D eigenvalue weighted by molar-refractivity contribution is 5.79. The van der Waals surface area contributed by atoms with Gasteiger partial charge in [-0.1, -0.05) is 0 Å². The number of hydrogen-bond acceptors (Lipinski definition) is 4. The zero-order chi connectivity index (χ0) is 13.2. The van der Waals surface area contributed by atoms with Gasteiger partial charge in [-0.05, 0) is 25.3 Å².